The molecule has 4 unspecified atom stereocenters. The molecule has 3 aliphatic rings. The predicted octanol–water partition coefficient (Wildman–Crippen LogP) is 6.30. The maximum absolute atomic E-state index is 15.6. The number of amides is 1. The van der Waals surface area contributed by atoms with Gasteiger partial charge in [0.1, 0.15) is 30.6 Å². The summed E-state index contributed by atoms with van der Waals surface area (Å²) < 4.78 is 51.5. The Bertz CT molecular complexity index is 1950. The number of likely N-dealkylation sites (N-methyl/N-ethyl adjacent to an activating group) is 1. The van der Waals surface area contributed by atoms with Crippen molar-refractivity contribution >= 4 is 54.7 Å². The van der Waals surface area contributed by atoms with E-state index in [4.69, 9.17) is 27.0 Å². The number of anilines is 2. The number of halogens is 3. The van der Waals surface area contributed by atoms with Crippen LogP contribution >= 0.6 is 11.3 Å². The molecule has 3 fully saturated rings. The van der Waals surface area contributed by atoms with Gasteiger partial charge in [-0.15, -0.1) is 11.3 Å². The smallest absolute Gasteiger partial charge is 0.319 e. The minimum absolute atomic E-state index is 0.0565. The second kappa shape index (κ2) is 12.0. The number of hydrogen-bond donors (Lipinski definition) is 1. The summed E-state index contributed by atoms with van der Waals surface area (Å²) in [5.74, 6) is -0.353. The number of hydrogen-bond acceptors (Lipinski definition) is 8. The molecule has 0 bridgehead atoms. The fourth-order valence-corrected chi connectivity index (χ4v) is 8.55. The van der Waals surface area contributed by atoms with E-state index in [-0.39, 0.29) is 42.3 Å². The number of nitrogens with zero attached hydrogens (tertiary/aromatic N) is 6. The maximum atomic E-state index is 15.6. The first-order valence-corrected chi connectivity index (χ1v) is 16.5. The van der Waals surface area contributed by atoms with Crippen LogP contribution in [-0.2, 0) is 4.79 Å². The lowest BCUT2D eigenvalue weighted by molar-refractivity contribution is -0.125. The van der Waals surface area contributed by atoms with Crippen LogP contribution in [-0.4, -0.2) is 88.9 Å². The molecule has 9 nitrogen and oxygen atoms in total. The Morgan fingerprint density at radius 2 is 2.11 bits per heavy atom. The molecule has 0 saturated carbocycles. The summed E-state index contributed by atoms with van der Waals surface area (Å²) in [6.07, 6.45) is 1.08. The van der Waals surface area contributed by atoms with Crippen LogP contribution in [0.1, 0.15) is 26.2 Å². The zero-order valence-corrected chi connectivity index (χ0v) is 26.7. The number of carbonyl (C=O) groups is 1. The van der Waals surface area contributed by atoms with Gasteiger partial charge in [0.2, 0.25) is 11.6 Å². The Morgan fingerprint density at radius 3 is 2.87 bits per heavy atom. The zero-order valence-electron chi connectivity index (χ0n) is 25.9. The van der Waals surface area contributed by atoms with E-state index in [0.29, 0.717) is 57.4 Å². The number of carbonyl (C=O) groups excluding carboxylic acids is 1. The molecular formula is C34H34F3N7O2S. The van der Waals surface area contributed by atoms with E-state index in [1.807, 2.05) is 30.0 Å². The van der Waals surface area contributed by atoms with E-state index >= 15 is 4.39 Å². The first-order valence-electron chi connectivity index (χ1n) is 15.7. The summed E-state index contributed by atoms with van der Waals surface area (Å²) in [6, 6.07) is 7.86. The molecule has 2 aromatic carbocycles. The lowest BCUT2D eigenvalue weighted by Gasteiger charge is -2.32. The van der Waals surface area contributed by atoms with Crippen LogP contribution in [0.2, 0.25) is 0 Å². The third kappa shape index (κ3) is 5.23. The minimum atomic E-state index is -1.33. The molecule has 4 aromatic rings. The van der Waals surface area contributed by atoms with Gasteiger partial charge in [-0.3, -0.25) is 9.69 Å². The molecule has 13 heteroatoms. The highest BCUT2D eigenvalue weighted by Crippen LogP contribution is 2.47. The summed E-state index contributed by atoms with van der Waals surface area (Å²) in [5.41, 5.74) is 7.66. The molecule has 47 heavy (non-hydrogen) atoms. The number of likely N-dealkylation sites (tertiary alicyclic amines) is 1. The molecule has 5 heterocycles. The van der Waals surface area contributed by atoms with Crippen LogP contribution < -0.4 is 15.4 Å². The Morgan fingerprint density at radius 1 is 1.28 bits per heavy atom. The lowest BCUT2D eigenvalue weighted by Crippen LogP contribution is -2.44. The zero-order chi connectivity index (χ0) is 33.0. The van der Waals surface area contributed by atoms with Crippen molar-refractivity contribution in [3.05, 3.63) is 60.2 Å². The molecular weight excluding hydrogens is 627 g/mol. The van der Waals surface area contributed by atoms with Crippen LogP contribution in [0, 0.1) is 12.4 Å². The van der Waals surface area contributed by atoms with E-state index in [1.165, 1.54) is 17.0 Å². The van der Waals surface area contributed by atoms with Crippen molar-refractivity contribution in [2.45, 2.75) is 50.1 Å². The van der Waals surface area contributed by atoms with Gasteiger partial charge in [0.15, 0.2) is 0 Å². The number of thiophene rings is 1. The van der Waals surface area contributed by atoms with Gasteiger partial charge in [0.25, 0.3) is 0 Å². The fourth-order valence-electron chi connectivity index (χ4n) is 7.61. The molecule has 3 aliphatic heterocycles. The number of rotatable bonds is 8. The van der Waals surface area contributed by atoms with Gasteiger partial charge in [0, 0.05) is 36.8 Å². The van der Waals surface area contributed by atoms with E-state index < -0.39 is 29.7 Å². The monoisotopic (exact) mass is 661 g/mol. The highest BCUT2D eigenvalue weighted by Gasteiger charge is 2.49. The molecule has 3 saturated heterocycles. The van der Waals surface area contributed by atoms with E-state index in [1.54, 1.807) is 6.07 Å². The van der Waals surface area contributed by atoms with Gasteiger partial charge in [-0.1, -0.05) is 18.7 Å². The number of benzene rings is 2. The van der Waals surface area contributed by atoms with Gasteiger partial charge in [0.05, 0.1) is 39.9 Å². The van der Waals surface area contributed by atoms with Crippen molar-refractivity contribution in [3.8, 4) is 17.1 Å². The molecule has 0 spiro atoms. The van der Waals surface area contributed by atoms with Crippen LogP contribution in [0.15, 0.2) is 43.0 Å². The molecule has 1 amide bonds. The summed E-state index contributed by atoms with van der Waals surface area (Å²) in [5, 5.41) is 1.30. The van der Waals surface area contributed by atoms with Crippen molar-refractivity contribution in [2.75, 3.05) is 50.0 Å². The molecule has 7 rings (SSSR count). The lowest BCUT2D eigenvalue weighted by atomic mass is 9.95. The first-order chi connectivity index (χ1) is 22.7. The van der Waals surface area contributed by atoms with Crippen LogP contribution in [0.5, 0.6) is 6.01 Å². The third-order valence-electron chi connectivity index (χ3n) is 9.82. The normalized spacial score (nSPS) is 24.1. The van der Waals surface area contributed by atoms with Crippen molar-refractivity contribution in [1.29, 1.82) is 0 Å². The fraction of sp³-hybridized carbons (Fsp3) is 0.412. The van der Waals surface area contributed by atoms with E-state index in [2.05, 4.69) is 16.3 Å². The molecule has 244 valence electrons. The standard InChI is InChI=1S/C34H34F3N7O2S/c1-4-27(45)42-16-24(37)26(17-42)44(5-2)32-22-8-7-19(21-9-10-23(36)30-28(21)29(39-3)31(38)47-30)13-25(22)40-33(41-32)46-18-34-11-6-12-43(34)15-20(35)14-34/h4,7-10,13,20,24,26H,1,5-6,11-12,14-18,38H2,2H3. The first kappa shape index (κ1) is 31.2. The Hall–Kier alpha value is -4.41. The number of ether oxygens (including phenoxy) is 1. The largest absolute Gasteiger partial charge is 0.461 e. The van der Waals surface area contributed by atoms with Crippen LogP contribution in [0.25, 0.3) is 37.0 Å². The van der Waals surface area contributed by atoms with Crippen LogP contribution in [0.4, 0.5) is 29.7 Å². The van der Waals surface area contributed by atoms with Crippen LogP contribution in [0.3, 0.4) is 0 Å². The molecule has 2 N–H and O–H groups in total. The summed E-state index contributed by atoms with van der Waals surface area (Å²) in [4.78, 5) is 31.0. The second-order valence-corrected chi connectivity index (χ2v) is 13.5. The van der Waals surface area contributed by atoms with Crippen molar-refractivity contribution in [3.63, 3.8) is 0 Å². The van der Waals surface area contributed by atoms with Gasteiger partial charge in [-0.2, -0.15) is 9.97 Å². The van der Waals surface area contributed by atoms with Gasteiger partial charge in [-0.25, -0.2) is 18.0 Å². The maximum Gasteiger partial charge on any atom is 0.319 e. The number of fused-ring (bicyclic) bond motifs is 3. The molecule has 4 atom stereocenters. The molecule has 2 aromatic heterocycles. The van der Waals surface area contributed by atoms with E-state index in [0.717, 1.165) is 30.7 Å². The topological polar surface area (TPSA) is 92.2 Å². The highest BCUT2D eigenvalue weighted by atomic mass is 32.1. The van der Waals surface area contributed by atoms with E-state index in [9.17, 15) is 13.6 Å². The number of nitrogen functional groups attached to an aromatic ring is 1. The second-order valence-electron chi connectivity index (χ2n) is 12.5. The Labute approximate surface area is 274 Å². The average Bonchev–Trinajstić information content (AvgIpc) is 3.81. The summed E-state index contributed by atoms with van der Waals surface area (Å²) >= 11 is 1.03. The average molecular weight is 662 g/mol. The van der Waals surface area contributed by atoms with Crippen molar-refractivity contribution in [2.24, 2.45) is 0 Å². The number of alkyl halides is 2. The quantitative estimate of drug-likeness (QED) is 0.175. The Balaban J connectivity index is 1.34. The van der Waals surface area contributed by atoms with Crippen molar-refractivity contribution < 1.29 is 22.7 Å². The van der Waals surface area contributed by atoms with Crippen molar-refractivity contribution in [1.82, 2.24) is 19.8 Å². The third-order valence-corrected chi connectivity index (χ3v) is 10.8. The minimum Gasteiger partial charge on any atom is -0.461 e. The number of aromatic nitrogens is 2. The SMILES string of the molecule is [C-]#[N+]c1c(N)sc2c(F)ccc(-c3ccc4c(N(CC)C5CN(C(=O)C=C)CC5F)nc(OCC56CCCN5CC(F)C6)nc4c3)c12. The molecule has 0 radical (unpaired) electrons. The molecule has 0 aliphatic carbocycles. The summed E-state index contributed by atoms with van der Waals surface area (Å²) in [6.45, 7) is 15.0. The van der Waals surface area contributed by atoms with Gasteiger partial charge in [-0.05, 0) is 61.7 Å². The van der Waals surface area contributed by atoms with Gasteiger partial charge < -0.3 is 20.3 Å². The van der Waals surface area contributed by atoms with Gasteiger partial charge >= 0.3 is 6.01 Å². The predicted molar refractivity (Wildman–Crippen MR) is 178 cm³/mol. The highest BCUT2D eigenvalue weighted by molar-refractivity contribution is 7.23. The summed E-state index contributed by atoms with van der Waals surface area (Å²) in [7, 11) is 0. The number of nitrogens with two attached hydrogens (primary N) is 1. The Kier molecular flexibility index (Phi) is 7.96.